The summed E-state index contributed by atoms with van der Waals surface area (Å²) in [7, 11) is 0. The molecule has 2 rings (SSSR count). The molecule has 1 aromatic carbocycles. The van der Waals surface area contributed by atoms with Gasteiger partial charge in [-0.2, -0.15) is 5.26 Å². The lowest BCUT2D eigenvalue weighted by atomic mass is 10.2. The van der Waals surface area contributed by atoms with Gasteiger partial charge in [-0.25, -0.2) is 4.98 Å². The van der Waals surface area contributed by atoms with Crippen molar-refractivity contribution < 1.29 is 0 Å². The van der Waals surface area contributed by atoms with Gasteiger partial charge in [0.25, 0.3) is 0 Å². The number of benzene rings is 1. The van der Waals surface area contributed by atoms with Crippen LogP contribution in [0.1, 0.15) is 5.56 Å². The molecule has 1 aromatic heterocycles. The summed E-state index contributed by atoms with van der Waals surface area (Å²) in [6.07, 6.45) is 0. The number of thiol groups is 2. The zero-order valence-electron chi connectivity index (χ0n) is 7.43. The van der Waals surface area contributed by atoms with Gasteiger partial charge < -0.3 is 0 Å². The van der Waals surface area contributed by atoms with Crippen molar-refractivity contribution in [2.75, 3.05) is 0 Å². The van der Waals surface area contributed by atoms with E-state index in [9.17, 15) is 0 Å². The number of nitrogens with zero attached hydrogens (tertiary/aromatic N) is 2. The molecular formula is C9H8N2S3. The highest BCUT2D eigenvalue weighted by Crippen LogP contribution is 2.25. The summed E-state index contributed by atoms with van der Waals surface area (Å²) >= 11 is 8.91. The standard InChI is InChI=1S/C8H7NS2.CHNS/c1-5-3-2-4-6-7(5)9-8(10)11-6;2-1-3/h2-4H,1H3,(H,9,10);3H. The fraction of sp³-hybridized carbons (Fsp3) is 0.111. The maximum atomic E-state index is 7.18. The van der Waals surface area contributed by atoms with Gasteiger partial charge in [-0.05, 0) is 18.6 Å². The fourth-order valence-electron chi connectivity index (χ4n) is 1.07. The minimum Gasteiger partial charge on any atom is -0.230 e. The molecule has 0 bridgehead atoms. The third-order valence-electron chi connectivity index (χ3n) is 1.61. The van der Waals surface area contributed by atoms with Gasteiger partial charge >= 0.3 is 0 Å². The zero-order chi connectivity index (χ0) is 10.6. The van der Waals surface area contributed by atoms with Gasteiger partial charge in [0.1, 0.15) is 9.74 Å². The first-order valence-electron chi connectivity index (χ1n) is 3.77. The van der Waals surface area contributed by atoms with E-state index < -0.39 is 0 Å². The Kier molecular flexibility index (Phi) is 4.26. The Morgan fingerprint density at radius 2 is 2.14 bits per heavy atom. The molecule has 0 aliphatic heterocycles. The Labute approximate surface area is 97.4 Å². The molecule has 0 aliphatic rings. The Morgan fingerprint density at radius 1 is 1.50 bits per heavy atom. The molecule has 72 valence electrons. The SMILES string of the molecule is Cc1cccc2sc(S)nc12.N#CS. The monoisotopic (exact) mass is 240 g/mol. The molecule has 0 saturated heterocycles. The van der Waals surface area contributed by atoms with Gasteiger partial charge in [-0.3, -0.25) is 0 Å². The van der Waals surface area contributed by atoms with Gasteiger partial charge in [0.05, 0.1) is 10.2 Å². The van der Waals surface area contributed by atoms with Crippen molar-refractivity contribution in [3.8, 4) is 5.40 Å². The number of thiocyanates is 1. The molecule has 0 radical (unpaired) electrons. The van der Waals surface area contributed by atoms with Crippen LogP contribution < -0.4 is 0 Å². The topological polar surface area (TPSA) is 36.7 Å². The number of rotatable bonds is 0. The molecule has 0 fully saturated rings. The Hall–Kier alpha value is -0.700. The highest BCUT2D eigenvalue weighted by molar-refractivity contribution is 7.85. The van der Waals surface area contributed by atoms with E-state index in [-0.39, 0.29) is 0 Å². The van der Waals surface area contributed by atoms with Gasteiger partial charge in [-0.15, -0.1) is 24.0 Å². The van der Waals surface area contributed by atoms with Crippen molar-refractivity contribution in [2.24, 2.45) is 0 Å². The smallest absolute Gasteiger partial charge is 0.148 e. The van der Waals surface area contributed by atoms with Gasteiger partial charge in [-0.1, -0.05) is 24.8 Å². The van der Waals surface area contributed by atoms with Gasteiger partial charge in [0, 0.05) is 0 Å². The average molecular weight is 240 g/mol. The molecule has 2 nitrogen and oxygen atoms in total. The third-order valence-corrected chi connectivity index (χ3v) is 2.81. The Bertz CT molecular complexity index is 470. The van der Waals surface area contributed by atoms with E-state index in [2.05, 4.69) is 49.3 Å². The number of hydrogen-bond donors (Lipinski definition) is 2. The minimum atomic E-state index is 0.842. The summed E-state index contributed by atoms with van der Waals surface area (Å²) in [5.74, 6) is 0. The number of aromatic nitrogens is 1. The average Bonchev–Trinajstić information content (AvgIpc) is 2.48. The van der Waals surface area contributed by atoms with Crippen molar-refractivity contribution >= 4 is 46.8 Å². The lowest BCUT2D eigenvalue weighted by molar-refractivity contribution is 1.29. The lowest BCUT2D eigenvalue weighted by Crippen LogP contribution is -1.73. The molecule has 0 unspecified atom stereocenters. The summed E-state index contributed by atoms with van der Waals surface area (Å²) in [6.45, 7) is 2.06. The number of nitriles is 1. The number of fused-ring (bicyclic) bond motifs is 1. The van der Waals surface area contributed by atoms with Crippen LogP contribution in [-0.2, 0) is 0 Å². The maximum absolute atomic E-state index is 7.18. The predicted octanol–water partition coefficient (Wildman–Crippen LogP) is 3.29. The van der Waals surface area contributed by atoms with Crippen molar-refractivity contribution in [3.63, 3.8) is 0 Å². The molecule has 0 N–H and O–H groups in total. The first-order chi connectivity index (χ1) is 6.69. The quantitative estimate of drug-likeness (QED) is 0.547. The Balaban J connectivity index is 0.000000293. The molecule has 0 amide bonds. The van der Waals surface area contributed by atoms with Gasteiger partial charge in [0.15, 0.2) is 0 Å². The van der Waals surface area contributed by atoms with Crippen molar-refractivity contribution in [2.45, 2.75) is 11.3 Å². The highest BCUT2D eigenvalue weighted by atomic mass is 32.2. The van der Waals surface area contributed by atoms with E-state index in [1.807, 2.05) is 6.07 Å². The van der Waals surface area contributed by atoms with Crippen LogP contribution in [0.3, 0.4) is 0 Å². The molecule has 0 aliphatic carbocycles. The summed E-state index contributed by atoms with van der Waals surface area (Å²) in [5.41, 5.74) is 2.31. The molecule has 2 aromatic rings. The maximum Gasteiger partial charge on any atom is 0.148 e. The molecule has 1 heterocycles. The second-order valence-electron chi connectivity index (χ2n) is 2.52. The van der Waals surface area contributed by atoms with E-state index in [1.54, 1.807) is 11.3 Å². The van der Waals surface area contributed by atoms with E-state index in [4.69, 9.17) is 5.26 Å². The highest BCUT2D eigenvalue weighted by Gasteiger charge is 2.01. The molecule has 5 heteroatoms. The molecular weight excluding hydrogens is 232 g/mol. The van der Waals surface area contributed by atoms with E-state index in [0.29, 0.717) is 0 Å². The van der Waals surface area contributed by atoms with Gasteiger partial charge in [0.2, 0.25) is 0 Å². The zero-order valence-corrected chi connectivity index (χ0v) is 10.0. The van der Waals surface area contributed by atoms with Crippen LogP contribution in [0.15, 0.2) is 22.5 Å². The summed E-state index contributed by atoms with van der Waals surface area (Å²) < 4.78 is 2.06. The number of hydrogen-bond acceptors (Lipinski definition) is 5. The molecule has 14 heavy (non-hydrogen) atoms. The number of thiazole rings is 1. The number of aryl methyl sites for hydroxylation is 1. The summed E-state index contributed by atoms with van der Waals surface area (Å²) in [4.78, 5) is 4.30. The van der Waals surface area contributed by atoms with Crippen LogP contribution in [-0.4, -0.2) is 4.98 Å². The van der Waals surface area contributed by atoms with E-state index >= 15 is 0 Å². The first kappa shape index (κ1) is 11.4. The van der Waals surface area contributed by atoms with Crippen molar-refractivity contribution in [1.29, 1.82) is 5.26 Å². The summed E-state index contributed by atoms with van der Waals surface area (Å²) in [6, 6.07) is 6.18. The van der Waals surface area contributed by atoms with Crippen LogP contribution in [0.4, 0.5) is 0 Å². The summed E-state index contributed by atoms with van der Waals surface area (Å²) in [5, 5.41) is 8.63. The van der Waals surface area contributed by atoms with Crippen LogP contribution >= 0.6 is 36.6 Å². The van der Waals surface area contributed by atoms with Crippen LogP contribution in [0, 0.1) is 17.6 Å². The largest absolute Gasteiger partial charge is 0.230 e. The van der Waals surface area contributed by atoms with Crippen molar-refractivity contribution in [1.82, 2.24) is 4.98 Å². The van der Waals surface area contributed by atoms with Crippen LogP contribution in [0.2, 0.25) is 0 Å². The lowest BCUT2D eigenvalue weighted by Gasteiger charge is -1.90. The third kappa shape index (κ3) is 2.64. The second-order valence-corrected chi connectivity index (χ2v) is 4.47. The van der Waals surface area contributed by atoms with Crippen LogP contribution in [0.5, 0.6) is 0 Å². The van der Waals surface area contributed by atoms with E-state index in [1.165, 1.54) is 15.7 Å². The fourth-order valence-corrected chi connectivity index (χ4v) is 2.25. The minimum absolute atomic E-state index is 0.842. The second kappa shape index (κ2) is 5.25. The Morgan fingerprint density at radius 3 is 2.71 bits per heavy atom. The molecule has 0 spiro atoms. The predicted molar refractivity (Wildman–Crippen MR) is 66.2 cm³/mol. The number of para-hydroxylation sites is 1. The molecule has 0 atom stereocenters. The van der Waals surface area contributed by atoms with E-state index in [0.717, 1.165) is 9.86 Å². The normalized spacial score (nSPS) is 9.00. The van der Waals surface area contributed by atoms with Crippen molar-refractivity contribution in [3.05, 3.63) is 23.8 Å². The molecule has 0 saturated carbocycles. The first-order valence-corrected chi connectivity index (χ1v) is 5.48. The van der Waals surface area contributed by atoms with Crippen LogP contribution in [0.25, 0.3) is 10.2 Å².